The monoisotopic (exact) mass is 418 g/mol. The number of carbonyl (C=O) groups is 3. The molecule has 0 saturated heterocycles. The minimum Gasteiger partial charge on any atom is -0.478 e. The summed E-state index contributed by atoms with van der Waals surface area (Å²) < 4.78 is 4.90. The zero-order valence-corrected chi connectivity index (χ0v) is 18.4. The van der Waals surface area contributed by atoms with Gasteiger partial charge in [0.25, 0.3) is 0 Å². The summed E-state index contributed by atoms with van der Waals surface area (Å²) in [6, 6.07) is 0. The van der Waals surface area contributed by atoms with E-state index in [1.807, 2.05) is 13.0 Å². The first-order valence-corrected chi connectivity index (χ1v) is 10.1. The summed E-state index contributed by atoms with van der Waals surface area (Å²) in [6.45, 7) is 7.89. The maximum Gasteiger partial charge on any atom is 0.331 e. The Balaban J connectivity index is 4.14. The number of carbonyl (C=O) groups excluding carboxylic acids is 1. The molecule has 2 N–H and O–H groups in total. The van der Waals surface area contributed by atoms with E-state index in [9.17, 15) is 14.4 Å². The summed E-state index contributed by atoms with van der Waals surface area (Å²) in [4.78, 5) is 32.3. The molecule has 0 amide bonds. The molecule has 0 aliphatic carbocycles. The lowest BCUT2D eigenvalue weighted by Gasteiger charge is -2.03. The van der Waals surface area contributed by atoms with Crippen LogP contribution in [0, 0.1) is 0 Å². The minimum absolute atomic E-state index is 0.128. The highest BCUT2D eigenvalue weighted by molar-refractivity contribution is 5.90. The van der Waals surface area contributed by atoms with E-state index < -0.39 is 17.9 Å². The van der Waals surface area contributed by atoms with E-state index in [1.165, 1.54) is 11.1 Å². The molecule has 0 aliphatic heterocycles. The Bertz CT molecular complexity index is 735. The van der Waals surface area contributed by atoms with Crippen molar-refractivity contribution in [2.24, 2.45) is 0 Å². The molecule has 0 atom stereocenters. The summed E-state index contributed by atoms with van der Waals surface area (Å²) in [5.74, 6) is -2.72. The number of hydrogen-bond acceptors (Lipinski definition) is 4. The summed E-state index contributed by atoms with van der Waals surface area (Å²) in [6.07, 6.45) is 15.0. The molecule has 0 aliphatic rings. The number of ether oxygens (including phenoxy) is 1. The van der Waals surface area contributed by atoms with Gasteiger partial charge in [-0.05, 0) is 72.3 Å². The number of hydrogen-bond donors (Lipinski definition) is 2. The van der Waals surface area contributed by atoms with Gasteiger partial charge in [-0.2, -0.15) is 0 Å². The van der Waals surface area contributed by atoms with Crippen LogP contribution in [0.3, 0.4) is 0 Å². The van der Waals surface area contributed by atoms with Gasteiger partial charge < -0.3 is 14.9 Å². The average Bonchev–Trinajstić information content (AvgIpc) is 2.66. The van der Waals surface area contributed by atoms with Gasteiger partial charge in [-0.15, -0.1) is 0 Å². The molecular weight excluding hydrogens is 384 g/mol. The van der Waals surface area contributed by atoms with Crippen LogP contribution >= 0.6 is 0 Å². The first-order valence-electron chi connectivity index (χ1n) is 10.1. The van der Waals surface area contributed by atoms with E-state index >= 15 is 0 Å². The third-order valence-electron chi connectivity index (χ3n) is 4.41. The molecule has 0 spiro atoms. The van der Waals surface area contributed by atoms with Crippen molar-refractivity contribution in [2.75, 3.05) is 6.61 Å². The molecule has 0 aromatic heterocycles. The van der Waals surface area contributed by atoms with E-state index in [1.54, 1.807) is 13.0 Å². The minimum atomic E-state index is -1.19. The Morgan fingerprint density at radius 3 is 1.63 bits per heavy atom. The van der Waals surface area contributed by atoms with Gasteiger partial charge >= 0.3 is 17.9 Å². The Labute approximate surface area is 179 Å². The third kappa shape index (κ3) is 16.1. The van der Waals surface area contributed by atoms with Crippen molar-refractivity contribution in [3.63, 3.8) is 0 Å². The number of esters is 1. The smallest absolute Gasteiger partial charge is 0.331 e. The number of carboxylic acids is 2. The van der Waals surface area contributed by atoms with E-state index in [4.69, 9.17) is 14.9 Å². The zero-order chi connectivity index (χ0) is 22.9. The van der Waals surface area contributed by atoms with Crippen molar-refractivity contribution in [3.8, 4) is 0 Å². The van der Waals surface area contributed by atoms with Crippen LogP contribution in [0.25, 0.3) is 0 Å². The molecule has 0 rings (SSSR count). The van der Waals surface area contributed by atoms with E-state index in [2.05, 4.69) is 26.0 Å². The SMILES string of the molecule is CC(=CCCC(C)=CCOC(=O)C=CC(=O)O)CCC=C(C)CCC=C(C)C(=O)O. The van der Waals surface area contributed by atoms with Gasteiger partial charge in [0.15, 0.2) is 0 Å². The molecule has 166 valence electrons. The normalized spacial score (nSPS) is 13.6. The molecule has 0 bridgehead atoms. The molecule has 0 radical (unpaired) electrons. The second-order valence-electron chi connectivity index (χ2n) is 7.26. The Morgan fingerprint density at radius 2 is 1.17 bits per heavy atom. The van der Waals surface area contributed by atoms with Crippen molar-refractivity contribution in [3.05, 3.63) is 58.7 Å². The molecule has 6 heteroatoms. The third-order valence-corrected chi connectivity index (χ3v) is 4.41. The number of rotatable bonds is 14. The maximum atomic E-state index is 11.3. The summed E-state index contributed by atoms with van der Waals surface area (Å²) in [5.41, 5.74) is 4.08. The van der Waals surface area contributed by atoms with Crippen LogP contribution in [-0.2, 0) is 19.1 Å². The molecule has 0 aromatic rings. The highest BCUT2D eigenvalue weighted by Crippen LogP contribution is 2.13. The molecule has 30 heavy (non-hydrogen) atoms. The standard InChI is InChI=1S/C24H34O6/c1-18(8-5-9-19(2)12-7-13-21(4)24(28)29)10-6-11-20(3)16-17-30-23(27)15-14-22(25)26/h9-10,13-16H,5-8,11-12,17H2,1-4H3,(H,25,26)(H,28,29). The maximum absolute atomic E-state index is 11.3. The summed E-state index contributed by atoms with van der Waals surface area (Å²) in [7, 11) is 0. The fraction of sp³-hybridized carbons (Fsp3) is 0.458. The molecule has 0 aromatic carbocycles. The van der Waals surface area contributed by atoms with Gasteiger partial charge in [-0.25, -0.2) is 14.4 Å². The molecule has 0 unspecified atom stereocenters. The summed E-state index contributed by atoms with van der Waals surface area (Å²) >= 11 is 0. The first-order chi connectivity index (χ1) is 14.1. The first kappa shape index (κ1) is 27.1. The van der Waals surface area contributed by atoms with Gasteiger partial charge in [-0.1, -0.05) is 34.9 Å². The van der Waals surface area contributed by atoms with Crippen LogP contribution in [0.1, 0.15) is 66.2 Å². The van der Waals surface area contributed by atoms with Crippen LogP contribution in [-0.4, -0.2) is 34.7 Å². The average molecular weight is 419 g/mol. The van der Waals surface area contributed by atoms with Gasteiger partial charge in [-0.3, -0.25) is 0 Å². The quantitative estimate of drug-likeness (QED) is 0.223. The van der Waals surface area contributed by atoms with Crippen LogP contribution in [0.4, 0.5) is 0 Å². The van der Waals surface area contributed by atoms with Crippen molar-refractivity contribution in [1.29, 1.82) is 0 Å². The number of allylic oxidation sites excluding steroid dienone is 6. The van der Waals surface area contributed by atoms with Gasteiger partial charge in [0, 0.05) is 17.7 Å². The fourth-order valence-electron chi connectivity index (χ4n) is 2.46. The van der Waals surface area contributed by atoms with Crippen LogP contribution in [0.2, 0.25) is 0 Å². The predicted molar refractivity (Wildman–Crippen MR) is 118 cm³/mol. The van der Waals surface area contributed by atoms with E-state index in [0.717, 1.165) is 56.3 Å². The largest absolute Gasteiger partial charge is 0.478 e. The van der Waals surface area contributed by atoms with E-state index in [-0.39, 0.29) is 6.61 Å². The lowest BCUT2D eigenvalue weighted by Crippen LogP contribution is -2.02. The Kier molecular flexibility index (Phi) is 14.4. The lowest BCUT2D eigenvalue weighted by molar-refractivity contribution is -0.137. The highest BCUT2D eigenvalue weighted by atomic mass is 16.5. The molecule has 0 heterocycles. The molecular formula is C24H34O6. The molecule has 0 saturated carbocycles. The van der Waals surface area contributed by atoms with E-state index in [0.29, 0.717) is 5.57 Å². The highest BCUT2D eigenvalue weighted by Gasteiger charge is 1.99. The second kappa shape index (κ2) is 16.0. The van der Waals surface area contributed by atoms with Crippen molar-refractivity contribution in [1.82, 2.24) is 0 Å². The predicted octanol–water partition coefficient (Wildman–Crippen LogP) is 5.38. The van der Waals surface area contributed by atoms with Crippen LogP contribution in [0.15, 0.2) is 58.7 Å². The summed E-state index contributed by atoms with van der Waals surface area (Å²) in [5, 5.41) is 17.3. The van der Waals surface area contributed by atoms with Gasteiger partial charge in [0.2, 0.25) is 0 Å². The Hall–Kier alpha value is -2.89. The second-order valence-corrected chi connectivity index (χ2v) is 7.26. The van der Waals surface area contributed by atoms with Gasteiger partial charge in [0.05, 0.1) is 0 Å². The fourth-order valence-corrected chi connectivity index (χ4v) is 2.46. The van der Waals surface area contributed by atoms with Gasteiger partial charge in [0.1, 0.15) is 6.61 Å². The lowest BCUT2D eigenvalue weighted by atomic mass is 10.0. The van der Waals surface area contributed by atoms with Crippen LogP contribution in [0.5, 0.6) is 0 Å². The number of carboxylic acid groups (broad SMARTS) is 2. The zero-order valence-electron chi connectivity index (χ0n) is 18.4. The Morgan fingerprint density at radius 1 is 0.700 bits per heavy atom. The van der Waals surface area contributed by atoms with Crippen molar-refractivity contribution in [2.45, 2.75) is 66.2 Å². The molecule has 6 nitrogen and oxygen atoms in total. The van der Waals surface area contributed by atoms with Crippen molar-refractivity contribution >= 4 is 17.9 Å². The van der Waals surface area contributed by atoms with Crippen LogP contribution < -0.4 is 0 Å². The molecule has 0 fully saturated rings. The topological polar surface area (TPSA) is 101 Å². The number of aliphatic carboxylic acids is 2. The van der Waals surface area contributed by atoms with Crippen molar-refractivity contribution < 1.29 is 29.3 Å².